The molecule has 1 saturated heterocycles. The third kappa shape index (κ3) is 4.79. The van der Waals surface area contributed by atoms with E-state index >= 15 is 0 Å². The number of nitrogens with zero attached hydrogens (tertiary/aromatic N) is 2. The highest BCUT2D eigenvalue weighted by molar-refractivity contribution is 7.13. The molecule has 10 heteroatoms. The number of aromatic nitrogens is 1. The number of hydrogen-bond acceptors (Lipinski definition) is 5. The number of halogens is 3. The van der Waals surface area contributed by atoms with Crippen LogP contribution in [-0.2, 0) is 6.18 Å². The summed E-state index contributed by atoms with van der Waals surface area (Å²) in [5.74, 6) is -0.488. The second-order valence-electron chi connectivity index (χ2n) is 7.17. The minimum Gasteiger partial charge on any atom is -0.472 e. The van der Waals surface area contributed by atoms with Crippen LogP contribution in [0.1, 0.15) is 39.3 Å². The fourth-order valence-electron chi connectivity index (χ4n) is 3.39. The quantitative estimate of drug-likeness (QED) is 0.638. The van der Waals surface area contributed by atoms with Crippen molar-refractivity contribution in [2.24, 2.45) is 0 Å². The van der Waals surface area contributed by atoms with Gasteiger partial charge in [0.1, 0.15) is 17.0 Å². The van der Waals surface area contributed by atoms with E-state index in [2.05, 4.69) is 10.3 Å². The molecule has 0 aliphatic carbocycles. The number of amides is 2. The summed E-state index contributed by atoms with van der Waals surface area (Å²) in [7, 11) is 0. The van der Waals surface area contributed by atoms with Gasteiger partial charge in [0.2, 0.25) is 0 Å². The van der Waals surface area contributed by atoms with E-state index in [-0.39, 0.29) is 23.6 Å². The van der Waals surface area contributed by atoms with Gasteiger partial charge in [-0.1, -0.05) is 12.1 Å². The monoisotopic (exact) mass is 449 g/mol. The molecule has 2 amide bonds. The summed E-state index contributed by atoms with van der Waals surface area (Å²) >= 11 is 1.11. The fourth-order valence-corrected chi connectivity index (χ4v) is 4.19. The van der Waals surface area contributed by atoms with Gasteiger partial charge in [0.05, 0.1) is 17.4 Å². The van der Waals surface area contributed by atoms with E-state index in [0.29, 0.717) is 42.1 Å². The van der Waals surface area contributed by atoms with Crippen LogP contribution < -0.4 is 5.32 Å². The summed E-state index contributed by atoms with van der Waals surface area (Å²) in [5, 5.41) is 4.77. The van der Waals surface area contributed by atoms with Gasteiger partial charge in [-0.2, -0.15) is 13.2 Å². The van der Waals surface area contributed by atoms with Crippen molar-refractivity contribution >= 4 is 23.2 Å². The van der Waals surface area contributed by atoms with Crippen LogP contribution in [0.3, 0.4) is 0 Å². The summed E-state index contributed by atoms with van der Waals surface area (Å²) in [6.45, 7) is 1.00. The zero-order chi connectivity index (χ0) is 22.0. The standard InChI is InChI=1S/C21H18F3N3O3S/c22-21(23,24)15-3-1-2-13(10-15)19-26-17(12-31-19)18(28)25-16-4-7-27(8-5-16)20(29)14-6-9-30-11-14/h1-3,6,9-12,16H,4-5,7-8H2,(H,25,28). The lowest BCUT2D eigenvalue weighted by molar-refractivity contribution is -0.137. The number of carbonyl (C=O) groups excluding carboxylic acids is 2. The number of alkyl halides is 3. The molecule has 6 nitrogen and oxygen atoms in total. The van der Waals surface area contributed by atoms with Crippen molar-refractivity contribution in [3.63, 3.8) is 0 Å². The molecule has 1 aliphatic rings. The first-order chi connectivity index (χ1) is 14.8. The van der Waals surface area contributed by atoms with E-state index < -0.39 is 11.7 Å². The second kappa shape index (κ2) is 8.54. The maximum Gasteiger partial charge on any atom is 0.416 e. The highest BCUT2D eigenvalue weighted by Crippen LogP contribution is 2.33. The van der Waals surface area contributed by atoms with Crippen LogP contribution in [0.15, 0.2) is 52.7 Å². The average molecular weight is 449 g/mol. The van der Waals surface area contributed by atoms with Gasteiger partial charge in [-0.05, 0) is 31.0 Å². The number of furan rings is 1. The summed E-state index contributed by atoms with van der Waals surface area (Å²) in [6.07, 6.45) is -0.399. The SMILES string of the molecule is O=C(NC1CCN(C(=O)c2ccoc2)CC1)c1csc(-c2cccc(C(F)(F)F)c2)n1. The maximum atomic E-state index is 12.9. The molecule has 162 valence electrons. The van der Waals surface area contributed by atoms with E-state index in [9.17, 15) is 22.8 Å². The van der Waals surface area contributed by atoms with Crippen LogP contribution >= 0.6 is 11.3 Å². The van der Waals surface area contributed by atoms with E-state index in [4.69, 9.17) is 4.42 Å². The van der Waals surface area contributed by atoms with Gasteiger partial charge in [-0.25, -0.2) is 4.98 Å². The van der Waals surface area contributed by atoms with Crippen LogP contribution in [0.2, 0.25) is 0 Å². The first kappa shape index (κ1) is 21.1. The zero-order valence-corrected chi connectivity index (χ0v) is 17.0. The van der Waals surface area contributed by atoms with Crippen molar-refractivity contribution in [3.05, 3.63) is 65.1 Å². The number of nitrogens with one attached hydrogen (secondary N) is 1. The molecule has 31 heavy (non-hydrogen) atoms. The Balaban J connectivity index is 1.35. The van der Waals surface area contributed by atoms with Gasteiger partial charge >= 0.3 is 6.18 Å². The van der Waals surface area contributed by atoms with E-state index in [0.717, 1.165) is 23.5 Å². The molecule has 0 spiro atoms. The third-order valence-electron chi connectivity index (χ3n) is 5.06. The van der Waals surface area contributed by atoms with Gasteiger partial charge in [0.25, 0.3) is 11.8 Å². The molecule has 1 aromatic carbocycles. The van der Waals surface area contributed by atoms with Crippen LogP contribution in [-0.4, -0.2) is 40.8 Å². The second-order valence-corrected chi connectivity index (χ2v) is 8.03. The predicted molar refractivity (Wildman–Crippen MR) is 108 cm³/mol. The third-order valence-corrected chi connectivity index (χ3v) is 5.95. The Hall–Kier alpha value is -3.14. The van der Waals surface area contributed by atoms with Crippen LogP contribution in [0.25, 0.3) is 10.6 Å². The summed E-state index contributed by atoms with van der Waals surface area (Å²) in [6, 6.07) is 6.36. The summed E-state index contributed by atoms with van der Waals surface area (Å²) in [5.41, 5.74) is 0.203. The highest BCUT2D eigenvalue weighted by atomic mass is 32.1. The number of likely N-dealkylation sites (tertiary alicyclic amines) is 1. The van der Waals surface area contributed by atoms with Gasteiger partial charge in [0.15, 0.2) is 0 Å². The lowest BCUT2D eigenvalue weighted by Gasteiger charge is -2.32. The van der Waals surface area contributed by atoms with Crippen LogP contribution in [0, 0.1) is 0 Å². The topological polar surface area (TPSA) is 75.4 Å². The summed E-state index contributed by atoms with van der Waals surface area (Å²) < 4.78 is 43.7. The Kier molecular flexibility index (Phi) is 5.81. The van der Waals surface area contributed by atoms with Crippen molar-refractivity contribution in [1.82, 2.24) is 15.2 Å². The van der Waals surface area contributed by atoms with E-state index in [1.165, 1.54) is 30.0 Å². The van der Waals surface area contributed by atoms with Gasteiger partial charge in [0, 0.05) is 30.1 Å². The van der Waals surface area contributed by atoms with Crippen molar-refractivity contribution in [2.75, 3.05) is 13.1 Å². The van der Waals surface area contributed by atoms with Crippen molar-refractivity contribution in [1.29, 1.82) is 0 Å². The Morgan fingerprint density at radius 2 is 1.97 bits per heavy atom. The average Bonchev–Trinajstić information content (AvgIpc) is 3.46. The van der Waals surface area contributed by atoms with Gasteiger partial charge in [-0.15, -0.1) is 11.3 Å². The molecule has 2 aromatic heterocycles. The molecule has 3 aromatic rings. The molecule has 0 saturated carbocycles. The highest BCUT2D eigenvalue weighted by Gasteiger charge is 2.31. The van der Waals surface area contributed by atoms with E-state index in [1.807, 2.05) is 0 Å². The number of thiazole rings is 1. The van der Waals surface area contributed by atoms with Crippen molar-refractivity contribution in [3.8, 4) is 10.6 Å². The normalized spacial score (nSPS) is 15.1. The Bertz CT molecular complexity index is 1070. The predicted octanol–water partition coefficient (Wildman–Crippen LogP) is 4.46. The Morgan fingerprint density at radius 3 is 2.65 bits per heavy atom. The number of hydrogen-bond donors (Lipinski definition) is 1. The van der Waals surface area contributed by atoms with Crippen molar-refractivity contribution < 1.29 is 27.2 Å². The molecule has 0 atom stereocenters. The molecule has 1 fully saturated rings. The van der Waals surface area contributed by atoms with Crippen LogP contribution in [0.5, 0.6) is 0 Å². The largest absolute Gasteiger partial charge is 0.472 e. The number of piperidine rings is 1. The molecule has 3 heterocycles. The number of rotatable bonds is 4. The molecular weight excluding hydrogens is 431 g/mol. The van der Waals surface area contributed by atoms with E-state index in [1.54, 1.807) is 11.0 Å². The van der Waals surface area contributed by atoms with Crippen molar-refractivity contribution in [2.45, 2.75) is 25.1 Å². The Labute approximate surface area is 179 Å². The molecule has 0 unspecified atom stereocenters. The first-order valence-electron chi connectivity index (χ1n) is 9.57. The van der Waals surface area contributed by atoms with Crippen LogP contribution in [0.4, 0.5) is 13.2 Å². The minimum atomic E-state index is -4.44. The van der Waals surface area contributed by atoms with Gasteiger partial charge < -0.3 is 14.6 Å². The molecular formula is C21H18F3N3O3S. The molecule has 4 rings (SSSR count). The maximum absolute atomic E-state index is 12.9. The lowest BCUT2D eigenvalue weighted by atomic mass is 10.0. The molecule has 0 radical (unpaired) electrons. The Morgan fingerprint density at radius 1 is 1.19 bits per heavy atom. The first-order valence-corrected chi connectivity index (χ1v) is 10.4. The number of carbonyl (C=O) groups is 2. The lowest BCUT2D eigenvalue weighted by Crippen LogP contribution is -2.46. The fraction of sp³-hybridized carbons (Fsp3) is 0.286. The molecule has 0 bridgehead atoms. The summed E-state index contributed by atoms with van der Waals surface area (Å²) in [4.78, 5) is 30.8. The number of benzene rings is 1. The molecule has 1 aliphatic heterocycles. The van der Waals surface area contributed by atoms with Gasteiger partial charge in [-0.3, -0.25) is 9.59 Å². The zero-order valence-electron chi connectivity index (χ0n) is 16.2. The molecule has 1 N–H and O–H groups in total. The minimum absolute atomic E-state index is 0.108. The smallest absolute Gasteiger partial charge is 0.416 e.